The van der Waals surface area contributed by atoms with Crippen LogP contribution in [0.5, 0.6) is 0 Å². The zero-order valence-electron chi connectivity index (χ0n) is 18.2. The smallest absolute Gasteiger partial charge is 0.248 e. The van der Waals surface area contributed by atoms with Crippen molar-refractivity contribution in [3.63, 3.8) is 0 Å². The zero-order valence-corrected chi connectivity index (χ0v) is 18.2. The van der Waals surface area contributed by atoms with E-state index in [2.05, 4.69) is 53.5 Å². The standard InChI is InChI=1S/C25H28N4O/c1-17-16-18(2)27-24(26-17)29-22-13-11-21(12-14-22)28-23(30)15-8-19-6-9-20(10-7-19)25(3,4)5/h6-16H,1-5H3,(H,28,30)(H,26,27,29)/b15-8+. The first-order chi connectivity index (χ1) is 14.2. The minimum Gasteiger partial charge on any atom is -0.324 e. The number of nitrogens with one attached hydrogen (secondary N) is 2. The number of anilines is 3. The SMILES string of the molecule is Cc1cc(C)nc(Nc2ccc(NC(=O)/C=C/c3ccc(C(C)(C)C)cc3)cc2)n1. The number of amides is 1. The molecule has 1 heterocycles. The van der Waals surface area contributed by atoms with Gasteiger partial charge in [0, 0.05) is 28.8 Å². The van der Waals surface area contributed by atoms with Crippen LogP contribution in [0.2, 0.25) is 0 Å². The molecule has 0 atom stereocenters. The molecule has 0 saturated heterocycles. The normalized spacial score (nSPS) is 11.5. The molecule has 3 aromatic rings. The molecule has 0 fully saturated rings. The summed E-state index contributed by atoms with van der Waals surface area (Å²) in [7, 11) is 0. The van der Waals surface area contributed by atoms with E-state index in [-0.39, 0.29) is 11.3 Å². The van der Waals surface area contributed by atoms with E-state index in [1.807, 2.05) is 62.4 Å². The van der Waals surface area contributed by atoms with Gasteiger partial charge in [-0.1, -0.05) is 45.0 Å². The Kier molecular flexibility index (Phi) is 6.31. The number of nitrogens with zero attached hydrogens (tertiary/aromatic N) is 2. The van der Waals surface area contributed by atoms with E-state index in [4.69, 9.17) is 0 Å². The number of carbonyl (C=O) groups excluding carboxylic acids is 1. The molecule has 5 nitrogen and oxygen atoms in total. The quantitative estimate of drug-likeness (QED) is 0.532. The van der Waals surface area contributed by atoms with Crippen molar-refractivity contribution >= 4 is 29.3 Å². The summed E-state index contributed by atoms with van der Waals surface area (Å²) in [5.74, 6) is 0.387. The van der Waals surface area contributed by atoms with Gasteiger partial charge in [-0.3, -0.25) is 4.79 Å². The first-order valence-corrected chi connectivity index (χ1v) is 9.98. The van der Waals surface area contributed by atoms with Crippen molar-refractivity contribution < 1.29 is 4.79 Å². The van der Waals surface area contributed by atoms with Gasteiger partial charge in [0.2, 0.25) is 11.9 Å². The van der Waals surface area contributed by atoms with Gasteiger partial charge in [0.25, 0.3) is 0 Å². The molecule has 0 aliphatic heterocycles. The number of aryl methyl sites for hydroxylation is 2. The van der Waals surface area contributed by atoms with Gasteiger partial charge in [-0.25, -0.2) is 9.97 Å². The third-order valence-corrected chi connectivity index (χ3v) is 4.59. The maximum atomic E-state index is 12.2. The van der Waals surface area contributed by atoms with Crippen LogP contribution in [0.25, 0.3) is 6.08 Å². The molecule has 0 bridgehead atoms. The molecule has 1 amide bonds. The molecule has 1 aromatic heterocycles. The highest BCUT2D eigenvalue weighted by molar-refractivity contribution is 6.02. The molecule has 30 heavy (non-hydrogen) atoms. The summed E-state index contributed by atoms with van der Waals surface area (Å²) in [6.45, 7) is 10.4. The summed E-state index contributed by atoms with van der Waals surface area (Å²) in [5, 5.41) is 6.05. The number of benzene rings is 2. The Hall–Kier alpha value is -3.47. The van der Waals surface area contributed by atoms with Crippen molar-refractivity contribution in [1.29, 1.82) is 0 Å². The van der Waals surface area contributed by atoms with Gasteiger partial charge >= 0.3 is 0 Å². The summed E-state index contributed by atoms with van der Waals surface area (Å²) >= 11 is 0. The number of hydrogen-bond acceptors (Lipinski definition) is 4. The van der Waals surface area contributed by atoms with Crippen molar-refractivity contribution in [3.8, 4) is 0 Å². The fraction of sp³-hybridized carbons (Fsp3) is 0.240. The maximum Gasteiger partial charge on any atom is 0.248 e. The number of carbonyl (C=O) groups is 1. The first-order valence-electron chi connectivity index (χ1n) is 9.98. The van der Waals surface area contributed by atoms with Crippen molar-refractivity contribution in [2.24, 2.45) is 0 Å². The van der Waals surface area contributed by atoms with E-state index >= 15 is 0 Å². The van der Waals surface area contributed by atoms with Gasteiger partial charge in [0.1, 0.15) is 0 Å². The second-order valence-corrected chi connectivity index (χ2v) is 8.37. The predicted molar refractivity (Wildman–Crippen MR) is 124 cm³/mol. The predicted octanol–water partition coefficient (Wildman–Crippen LogP) is 5.79. The second kappa shape index (κ2) is 8.91. The van der Waals surface area contributed by atoms with Crippen molar-refractivity contribution in [2.45, 2.75) is 40.0 Å². The molecule has 0 spiro atoms. The highest BCUT2D eigenvalue weighted by atomic mass is 16.1. The van der Waals surface area contributed by atoms with Crippen molar-refractivity contribution in [2.75, 3.05) is 10.6 Å². The molecule has 2 N–H and O–H groups in total. The fourth-order valence-electron chi connectivity index (χ4n) is 3.00. The Labute approximate surface area is 178 Å². The van der Waals surface area contributed by atoms with Crippen molar-refractivity contribution in [3.05, 3.63) is 83.2 Å². The Morgan fingerprint density at radius 1 is 0.867 bits per heavy atom. The Balaban J connectivity index is 1.58. The second-order valence-electron chi connectivity index (χ2n) is 8.37. The number of rotatable bonds is 5. The highest BCUT2D eigenvalue weighted by Gasteiger charge is 2.12. The van der Waals surface area contributed by atoms with E-state index in [1.165, 1.54) is 5.56 Å². The van der Waals surface area contributed by atoms with Crippen LogP contribution < -0.4 is 10.6 Å². The van der Waals surface area contributed by atoms with E-state index in [9.17, 15) is 4.79 Å². The Bertz CT molecular complexity index is 1030. The Morgan fingerprint density at radius 2 is 1.43 bits per heavy atom. The maximum absolute atomic E-state index is 12.2. The summed E-state index contributed by atoms with van der Waals surface area (Å²) in [4.78, 5) is 21.0. The van der Waals surface area contributed by atoms with Gasteiger partial charge < -0.3 is 10.6 Å². The lowest BCUT2D eigenvalue weighted by Gasteiger charge is -2.18. The monoisotopic (exact) mass is 400 g/mol. The lowest BCUT2D eigenvalue weighted by molar-refractivity contribution is -0.111. The van der Waals surface area contributed by atoms with Crippen LogP contribution in [0.3, 0.4) is 0 Å². The van der Waals surface area contributed by atoms with Crippen LogP contribution >= 0.6 is 0 Å². The lowest BCUT2D eigenvalue weighted by Crippen LogP contribution is -2.10. The summed E-state index contributed by atoms with van der Waals surface area (Å²) < 4.78 is 0. The average Bonchev–Trinajstić information content (AvgIpc) is 2.67. The van der Waals surface area contributed by atoms with Gasteiger partial charge in [-0.15, -0.1) is 0 Å². The fourth-order valence-corrected chi connectivity index (χ4v) is 3.00. The summed E-state index contributed by atoms with van der Waals surface area (Å²) in [5.41, 5.74) is 5.77. The van der Waals surface area contributed by atoms with Crippen LogP contribution in [0.1, 0.15) is 43.3 Å². The summed E-state index contributed by atoms with van der Waals surface area (Å²) in [6, 6.07) is 17.6. The molecule has 0 saturated carbocycles. The van der Waals surface area contributed by atoms with Crippen LogP contribution in [0.15, 0.2) is 60.7 Å². The van der Waals surface area contributed by atoms with E-state index < -0.39 is 0 Å². The molecule has 0 aliphatic rings. The topological polar surface area (TPSA) is 66.9 Å². The number of aromatic nitrogens is 2. The van der Waals surface area contributed by atoms with Gasteiger partial charge in [0.15, 0.2) is 0 Å². The number of hydrogen-bond donors (Lipinski definition) is 2. The van der Waals surface area contributed by atoms with Crippen LogP contribution in [0, 0.1) is 13.8 Å². The Morgan fingerprint density at radius 3 is 2.00 bits per heavy atom. The first kappa shape index (κ1) is 21.2. The third kappa shape index (κ3) is 6.01. The van der Waals surface area contributed by atoms with Gasteiger partial charge in [-0.2, -0.15) is 0 Å². The lowest BCUT2D eigenvalue weighted by atomic mass is 9.87. The van der Waals surface area contributed by atoms with Crippen LogP contribution in [-0.2, 0) is 10.2 Å². The van der Waals surface area contributed by atoms with Crippen molar-refractivity contribution in [1.82, 2.24) is 9.97 Å². The van der Waals surface area contributed by atoms with Gasteiger partial charge in [-0.05, 0) is 66.8 Å². The molecule has 0 aliphatic carbocycles. The zero-order chi connectivity index (χ0) is 21.7. The largest absolute Gasteiger partial charge is 0.324 e. The minimum absolute atomic E-state index is 0.116. The molecule has 5 heteroatoms. The van der Waals surface area contributed by atoms with Crippen LogP contribution in [-0.4, -0.2) is 15.9 Å². The molecular formula is C25H28N4O. The summed E-state index contributed by atoms with van der Waals surface area (Å²) in [6.07, 6.45) is 3.36. The molecular weight excluding hydrogens is 372 g/mol. The molecule has 0 unspecified atom stereocenters. The third-order valence-electron chi connectivity index (χ3n) is 4.59. The average molecular weight is 401 g/mol. The van der Waals surface area contributed by atoms with Gasteiger partial charge in [0.05, 0.1) is 0 Å². The molecule has 154 valence electrons. The van der Waals surface area contributed by atoms with E-state index in [0.717, 1.165) is 28.3 Å². The highest BCUT2D eigenvalue weighted by Crippen LogP contribution is 2.22. The molecule has 3 rings (SSSR count). The molecule has 0 radical (unpaired) electrons. The minimum atomic E-state index is -0.173. The van der Waals surface area contributed by atoms with E-state index in [1.54, 1.807) is 6.08 Å². The van der Waals surface area contributed by atoms with Crippen LogP contribution in [0.4, 0.5) is 17.3 Å². The molecule has 2 aromatic carbocycles. The van der Waals surface area contributed by atoms with E-state index in [0.29, 0.717) is 5.95 Å².